The number of Topliss-reactive ketones (excluding diaryl/α,β-unsaturated/α-hetero) is 1. The van der Waals surface area contributed by atoms with Crippen LogP contribution in [0.2, 0.25) is 0 Å². The summed E-state index contributed by atoms with van der Waals surface area (Å²) in [5, 5.41) is 0. The molecule has 3 atom stereocenters. The molecule has 0 aromatic heterocycles. The van der Waals surface area contributed by atoms with Gasteiger partial charge in [-0.3, -0.25) is 4.79 Å². The zero-order chi connectivity index (χ0) is 11.9. The van der Waals surface area contributed by atoms with Crippen LogP contribution in [0.1, 0.15) is 26.2 Å². The van der Waals surface area contributed by atoms with Gasteiger partial charge in [-0.2, -0.15) is 5.92 Å². The average molecular weight is 511 g/mol. The van der Waals surface area contributed by atoms with Crippen LogP contribution in [0, 0.1) is 18.3 Å². The monoisotopic (exact) mass is 511 g/mol. The van der Waals surface area contributed by atoms with Crippen molar-refractivity contribution < 1.29 is 111 Å². The third-order valence-electron chi connectivity index (χ3n) is 3.77. The Morgan fingerprint density at radius 1 is 1.21 bits per heavy atom. The van der Waals surface area contributed by atoms with Crippen molar-refractivity contribution >= 4 is 15.8 Å². The zero-order valence-corrected chi connectivity index (χ0v) is 20.8. The minimum absolute atomic E-state index is 0. The Morgan fingerprint density at radius 3 is 2.26 bits per heavy atom. The second-order valence-corrected chi connectivity index (χ2v) is 6.82. The van der Waals surface area contributed by atoms with E-state index in [0.29, 0.717) is 12.5 Å². The summed E-state index contributed by atoms with van der Waals surface area (Å²) < 4.78 is 24.6. The molecule has 101 valence electrons. The Bertz CT molecular complexity index is 402. The largest absolute Gasteiger partial charge is 0.310 e. The first-order valence-electron chi connectivity index (χ1n) is 5.72. The van der Waals surface area contributed by atoms with Crippen molar-refractivity contribution in [1.82, 2.24) is 4.31 Å². The van der Waals surface area contributed by atoms with Gasteiger partial charge in [0.1, 0.15) is 5.78 Å². The number of fused-ring (bicyclic) bond motifs is 1. The van der Waals surface area contributed by atoms with Gasteiger partial charge in [0.2, 0.25) is 10.0 Å². The van der Waals surface area contributed by atoms with Crippen molar-refractivity contribution in [3.8, 4) is 0 Å². The van der Waals surface area contributed by atoms with E-state index in [9.17, 15) is 13.2 Å². The van der Waals surface area contributed by atoms with Crippen LogP contribution in [-0.2, 0) is 113 Å². The van der Waals surface area contributed by atoms with Crippen molar-refractivity contribution in [3.05, 3.63) is 6.42 Å². The van der Waals surface area contributed by atoms with Crippen molar-refractivity contribution in [2.24, 2.45) is 11.8 Å². The van der Waals surface area contributed by atoms with E-state index in [1.54, 1.807) is 0 Å². The van der Waals surface area contributed by atoms with Crippen molar-refractivity contribution in [2.45, 2.75) is 32.2 Å². The topological polar surface area (TPSA) is 54.5 Å². The Balaban J connectivity index is 0. The van der Waals surface area contributed by atoms with Crippen LogP contribution in [0.25, 0.3) is 0 Å². The van der Waals surface area contributed by atoms with Crippen LogP contribution in [0.4, 0.5) is 0 Å². The predicted octanol–water partition coefficient (Wildman–Crippen LogP) is 0.832. The molecule has 0 bridgehead atoms. The van der Waals surface area contributed by atoms with E-state index in [0.717, 1.165) is 19.3 Å². The third-order valence-corrected chi connectivity index (χ3v) is 5.00. The van der Waals surface area contributed by atoms with Crippen LogP contribution in [-0.4, -0.2) is 37.3 Å². The number of hydrogen-bond acceptors (Lipinski definition) is 3. The average Bonchev–Trinajstić information content (AvgIpc) is 2.61. The maximum Gasteiger partial charge on any atom is 0.209 e. The van der Waals surface area contributed by atoms with Gasteiger partial charge in [-0.05, 0) is 12.8 Å². The molecule has 2 aliphatic rings. The van der Waals surface area contributed by atoms with E-state index >= 15 is 0 Å². The summed E-state index contributed by atoms with van der Waals surface area (Å²) in [5.74, 6) is 0.628. The molecule has 1 saturated heterocycles. The molecular weight excluding hydrogens is 493 g/mol. The number of hydrogen-bond donors (Lipinski definition) is 0. The second kappa shape index (κ2) is 9.90. The van der Waals surface area contributed by atoms with E-state index in [1.807, 2.05) is 0 Å². The van der Waals surface area contributed by atoms with Crippen molar-refractivity contribution in [3.63, 3.8) is 0 Å². The minimum Gasteiger partial charge on any atom is -0.310 e. The molecule has 3 unspecified atom stereocenters. The zero-order valence-electron chi connectivity index (χ0n) is 11.5. The summed E-state index contributed by atoms with van der Waals surface area (Å²) in [4.78, 5) is 11.7. The van der Waals surface area contributed by atoms with Gasteiger partial charge in [0.05, 0.1) is 12.3 Å². The molecule has 2 fully saturated rings. The van der Waals surface area contributed by atoms with Gasteiger partial charge in [0.25, 0.3) is 0 Å². The van der Waals surface area contributed by atoms with Crippen molar-refractivity contribution in [2.75, 3.05) is 12.8 Å². The van der Waals surface area contributed by atoms with Gasteiger partial charge in [-0.15, -0.1) is 6.54 Å². The molecule has 8 heteroatoms. The first-order chi connectivity index (χ1) is 7.41. The number of carbonyl (C=O) groups excluding carboxylic acids is 1. The molecule has 4 nitrogen and oxygen atoms in total. The fraction of sp³-hybridized carbons (Fsp3) is 0.818. The molecule has 3 radical (unpaired) electrons. The van der Waals surface area contributed by atoms with Gasteiger partial charge in [0, 0.05) is 98.1 Å². The molecule has 1 heterocycles. The molecule has 1 saturated carbocycles. The van der Waals surface area contributed by atoms with E-state index in [1.165, 1.54) is 17.5 Å². The van der Waals surface area contributed by atoms with Crippen LogP contribution in [0.15, 0.2) is 0 Å². The smallest absolute Gasteiger partial charge is 0.209 e. The number of ketones is 1. The minimum atomic E-state index is -3.28. The quantitative estimate of drug-likeness (QED) is 0.517. The summed E-state index contributed by atoms with van der Waals surface area (Å²) in [6.45, 7) is 1.90. The van der Waals surface area contributed by atoms with Gasteiger partial charge in [-0.1, -0.05) is 19.3 Å². The third kappa shape index (κ3) is 5.79. The van der Waals surface area contributed by atoms with Gasteiger partial charge >= 0.3 is 0 Å². The Morgan fingerprint density at radius 2 is 1.79 bits per heavy atom. The maximum atomic E-state index is 11.7. The molecule has 1 aliphatic carbocycles. The number of rotatable bonds is 2. The molecular formula is C11H18NO3SY3-. The van der Waals surface area contributed by atoms with E-state index in [-0.39, 0.29) is 110 Å². The van der Waals surface area contributed by atoms with Crippen LogP contribution < -0.4 is 0 Å². The SMILES string of the molecule is CC(=O)C1C2CCCC2[CH-]CN1S(C)(=O)=O.[Y].[Y].[Y]. The number of piperidine rings is 1. The summed E-state index contributed by atoms with van der Waals surface area (Å²) in [6, 6.07) is -0.424. The van der Waals surface area contributed by atoms with Crippen LogP contribution in [0.3, 0.4) is 0 Å². The van der Waals surface area contributed by atoms with E-state index in [4.69, 9.17) is 0 Å². The summed E-state index contributed by atoms with van der Waals surface area (Å²) >= 11 is 0. The van der Waals surface area contributed by atoms with Gasteiger partial charge < -0.3 is 6.42 Å². The Kier molecular flexibility index (Phi) is 12.6. The van der Waals surface area contributed by atoms with Gasteiger partial charge in [-0.25, -0.2) is 12.7 Å². The number of nitrogens with zero attached hydrogens (tertiary/aromatic N) is 1. The van der Waals surface area contributed by atoms with Crippen LogP contribution >= 0.6 is 0 Å². The Labute approximate surface area is 191 Å². The predicted molar refractivity (Wildman–Crippen MR) is 61.1 cm³/mol. The summed E-state index contributed by atoms with van der Waals surface area (Å²) in [7, 11) is -3.28. The second-order valence-electron chi connectivity index (χ2n) is 4.88. The Hall–Kier alpha value is 2.89. The molecule has 0 spiro atoms. The van der Waals surface area contributed by atoms with Crippen LogP contribution in [0.5, 0.6) is 0 Å². The molecule has 0 N–H and O–H groups in total. The normalized spacial score (nSPS) is 30.3. The first-order valence-corrected chi connectivity index (χ1v) is 7.56. The molecule has 0 amide bonds. The van der Waals surface area contributed by atoms with E-state index in [2.05, 4.69) is 6.42 Å². The molecule has 2 rings (SSSR count). The molecule has 0 aromatic rings. The van der Waals surface area contributed by atoms with Crippen molar-refractivity contribution in [1.29, 1.82) is 0 Å². The molecule has 1 aliphatic heterocycles. The molecule has 0 aromatic carbocycles. The fourth-order valence-electron chi connectivity index (χ4n) is 3.11. The van der Waals surface area contributed by atoms with Gasteiger partial charge in [0.15, 0.2) is 0 Å². The summed E-state index contributed by atoms with van der Waals surface area (Å²) in [5.41, 5.74) is 0. The first kappa shape index (κ1) is 24.1. The summed E-state index contributed by atoms with van der Waals surface area (Å²) in [6.07, 6.45) is 6.43. The molecule has 19 heavy (non-hydrogen) atoms. The number of carbonyl (C=O) groups is 1. The maximum absolute atomic E-state index is 11.7. The standard InChI is InChI=1S/C11H18NO3S.3Y/c1-8(13)11-10-5-3-4-9(10)6-7-12(11)16(2,14)15;;;/h6,9-11H,3-5,7H2,1-2H3;;;/q-1;;;. The van der Waals surface area contributed by atoms with E-state index < -0.39 is 16.1 Å². The fourth-order valence-corrected chi connectivity index (χ4v) is 4.19. The number of sulfonamides is 1.